The summed E-state index contributed by atoms with van der Waals surface area (Å²) in [5.74, 6) is 0. The maximum Gasteiger partial charge on any atom is 0.184 e. The van der Waals surface area contributed by atoms with Crippen molar-refractivity contribution in [1.29, 1.82) is 0 Å². The van der Waals surface area contributed by atoms with Gasteiger partial charge in [-0.2, -0.15) is 5.10 Å². The number of nitrogens with two attached hydrogens (primary N) is 1. The van der Waals surface area contributed by atoms with Crippen molar-refractivity contribution in [1.82, 2.24) is 5.43 Å². The summed E-state index contributed by atoms with van der Waals surface area (Å²) in [6, 6.07) is 0. The van der Waals surface area contributed by atoms with Gasteiger partial charge in [0.15, 0.2) is 5.11 Å². The number of nitrogens with zero attached hydrogens (tertiary/aromatic N) is 1. The zero-order valence-corrected chi connectivity index (χ0v) is 9.28. The van der Waals surface area contributed by atoms with Crippen LogP contribution in [0, 0.1) is 0 Å². The van der Waals surface area contributed by atoms with E-state index in [0.29, 0.717) is 0 Å². The molecular formula is C9H19N3S. The summed E-state index contributed by atoms with van der Waals surface area (Å²) in [5, 5.41) is 4.39. The van der Waals surface area contributed by atoms with Gasteiger partial charge >= 0.3 is 0 Å². The lowest BCUT2D eigenvalue weighted by Gasteiger charge is -2.04. The van der Waals surface area contributed by atoms with Crippen molar-refractivity contribution in [2.45, 2.75) is 46.0 Å². The molecular weight excluding hydrogens is 182 g/mol. The van der Waals surface area contributed by atoms with Crippen LogP contribution in [0.15, 0.2) is 5.10 Å². The molecule has 0 aliphatic rings. The van der Waals surface area contributed by atoms with Crippen LogP contribution in [0.25, 0.3) is 0 Å². The second kappa shape index (κ2) is 7.98. The lowest BCUT2D eigenvalue weighted by Crippen LogP contribution is -2.25. The Balaban J connectivity index is 3.90. The van der Waals surface area contributed by atoms with Crippen molar-refractivity contribution < 1.29 is 0 Å². The lowest BCUT2D eigenvalue weighted by atomic mass is 10.1. The van der Waals surface area contributed by atoms with E-state index >= 15 is 0 Å². The van der Waals surface area contributed by atoms with Crippen molar-refractivity contribution in [2.75, 3.05) is 0 Å². The highest BCUT2D eigenvalue weighted by atomic mass is 32.1. The Labute approximate surface area is 85.8 Å². The first-order valence-electron chi connectivity index (χ1n) is 4.81. The quantitative estimate of drug-likeness (QED) is 0.393. The predicted octanol–water partition coefficient (Wildman–Crippen LogP) is 2.17. The van der Waals surface area contributed by atoms with Crippen LogP contribution in [0.2, 0.25) is 0 Å². The van der Waals surface area contributed by atoms with Gasteiger partial charge in [-0.15, -0.1) is 0 Å². The minimum Gasteiger partial charge on any atom is -0.375 e. The van der Waals surface area contributed by atoms with Crippen molar-refractivity contribution in [3.63, 3.8) is 0 Å². The molecule has 0 aliphatic carbocycles. The molecule has 76 valence electrons. The summed E-state index contributed by atoms with van der Waals surface area (Å²) in [4.78, 5) is 0. The molecule has 0 saturated heterocycles. The van der Waals surface area contributed by atoms with Gasteiger partial charge in [0.05, 0.1) is 0 Å². The lowest BCUT2D eigenvalue weighted by molar-refractivity contribution is 0.805. The van der Waals surface area contributed by atoms with Gasteiger partial charge in [0.25, 0.3) is 0 Å². The van der Waals surface area contributed by atoms with Gasteiger partial charge in [-0.05, 0) is 31.5 Å². The topological polar surface area (TPSA) is 50.4 Å². The number of nitrogens with one attached hydrogen (secondary N) is 1. The Morgan fingerprint density at radius 1 is 1.31 bits per heavy atom. The number of rotatable bonds is 6. The average Bonchev–Trinajstić information content (AvgIpc) is 2.09. The van der Waals surface area contributed by atoms with E-state index in [1.54, 1.807) is 0 Å². The Kier molecular flexibility index (Phi) is 7.59. The molecule has 0 saturated carbocycles. The molecule has 0 amide bonds. The highest BCUT2D eigenvalue weighted by Gasteiger charge is 1.97. The Morgan fingerprint density at radius 2 is 2.00 bits per heavy atom. The maximum atomic E-state index is 5.28. The fourth-order valence-electron chi connectivity index (χ4n) is 1.04. The van der Waals surface area contributed by atoms with E-state index in [-0.39, 0.29) is 5.11 Å². The van der Waals surface area contributed by atoms with Crippen molar-refractivity contribution in [3.8, 4) is 0 Å². The smallest absolute Gasteiger partial charge is 0.184 e. The molecule has 0 atom stereocenters. The van der Waals surface area contributed by atoms with Crippen LogP contribution < -0.4 is 11.2 Å². The Morgan fingerprint density at radius 3 is 2.46 bits per heavy atom. The normalized spacial score (nSPS) is 11.4. The molecule has 0 spiro atoms. The third kappa shape index (κ3) is 7.71. The number of thiocarbonyl (C=S) groups is 1. The summed E-state index contributed by atoms with van der Waals surface area (Å²) in [6.45, 7) is 4.31. The maximum absolute atomic E-state index is 5.28. The molecule has 13 heavy (non-hydrogen) atoms. The van der Waals surface area contributed by atoms with Gasteiger partial charge in [-0.25, -0.2) is 0 Å². The first-order valence-corrected chi connectivity index (χ1v) is 5.22. The molecule has 0 radical (unpaired) electrons. The molecule has 0 heterocycles. The van der Waals surface area contributed by atoms with Crippen LogP contribution in [0.5, 0.6) is 0 Å². The molecule has 3 N–H and O–H groups in total. The minimum absolute atomic E-state index is 0.241. The van der Waals surface area contributed by atoms with Gasteiger partial charge in [0.2, 0.25) is 0 Å². The highest BCUT2D eigenvalue weighted by Crippen LogP contribution is 2.02. The van der Waals surface area contributed by atoms with Crippen LogP contribution in [0.1, 0.15) is 46.0 Å². The molecule has 0 rings (SSSR count). The zero-order valence-electron chi connectivity index (χ0n) is 8.47. The highest BCUT2D eigenvalue weighted by molar-refractivity contribution is 7.80. The summed E-state index contributed by atoms with van der Waals surface area (Å²) in [5.41, 5.74) is 9.08. The number of unbranched alkanes of at least 4 members (excludes halogenated alkanes) is 1. The average molecular weight is 201 g/mol. The van der Waals surface area contributed by atoms with Crippen LogP contribution in [-0.2, 0) is 0 Å². The molecule has 0 unspecified atom stereocenters. The van der Waals surface area contributed by atoms with Crippen LogP contribution >= 0.6 is 12.2 Å². The van der Waals surface area contributed by atoms with Crippen LogP contribution in [0.3, 0.4) is 0 Å². The van der Waals surface area contributed by atoms with Crippen molar-refractivity contribution in [3.05, 3.63) is 0 Å². The number of hydrogen-bond donors (Lipinski definition) is 2. The second-order valence-corrected chi connectivity index (χ2v) is 3.45. The van der Waals surface area contributed by atoms with Crippen molar-refractivity contribution >= 4 is 23.0 Å². The minimum atomic E-state index is 0.241. The molecule has 0 aromatic heterocycles. The summed E-state index contributed by atoms with van der Waals surface area (Å²) < 4.78 is 0. The first kappa shape index (κ1) is 12.4. The molecule has 0 bridgehead atoms. The van der Waals surface area contributed by atoms with E-state index in [9.17, 15) is 0 Å². The predicted molar refractivity (Wildman–Crippen MR) is 61.8 cm³/mol. The zero-order chi connectivity index (χ0) is 10.1. The molecule has 0 aromatic rings. The van der Waals surface area contributed by atoms with E-state index in [2.05, 4.69) is 36.6 Å². The van der Waals surface area contributed by atoms with E-state index in [0.717, 1.165) is 25.0 Å². The molecule has 0 aliphatic heterocycles. The Bertz CT molecular complexity index is 178. The molecule has 0 fully saturated rings. The monoisotopic (exact) mass is 201 g/mol. The third-order valence-electron chi connectivity index (χ3n) is 1.68. The van der Waals surface area contributed by atoms with E-state index in [1.807, 2.05) is 0 Å². The number of hydrogen-bond acceptors (Lipinski definition) is 2. The van der Waals surface area contributed by atoms with Gasteiger partial charge in [0.1, 0.15) is 0 Å². The fourth-order valence-corrected chi connectivity index (χ4v) is 1.09. The molecule has 3 nitrogen and oxygen atoms in total. The fraction of sp³-hybridized carbons (Fsp3) is 0.778. The third-order valence-corrected chi connectivity index (χ3v) is 1.77. The van der Waals surface area contributed by atoms with Gasteiger partial charge in [-0.3, -0.25) is 5.43 Å². The first-order chi connectivity index (χ1) is 6.20. The molecule has 4 heteroatoms. The largest absolute Gasteiger partial charge is 0.375 e. The summed E-state index contributed by atoms with van der Waals surface area (Å²) in [7, 11) is 0. The van der Waals surface area contributed by atoms with E-state index in [4.69, 9.17) is 5.73 Å². The van der Waals surface area contributed by atoms with Gasteiger partial charge < -0.3 is 5.73 Å². The molecule has 0 aromatic carbocycles. The van der Waals surface area contributed by atoms with Crippen molar-refractivity contribution in [2.24, 2.45) is 10.8 Å². The summed E-state index contributed by atoms with van der Waals surface area (Å²) in [6.07, 6.45) is 5.55. The van der Waals surface area contributed by atoms with Gasteiger partial charge in [0, 0.05) is 5.71 Å². The van der Waals surface area contributed by atoms with E-state index in [1.165, 1.54) is 12.8 Å². The van der Waals surface area contributed by atoms with Crippen LogP contribution in [0.4, 0.5) is 0 Å². The van der Waals surface area contributed by atoms with Gasteiger partial charge in [-0.1, -0.05) is 26.7 Å². The SMILES string of the molecule is CCCCC(CCC)=NNC(N)=S. The van der Waals surface area contributed by atoms with E-state index < -0.39 is 0 Å². The standard InChI is InChI=1S/C9H19N3S/c1-3-5-7-8(6-4-2)11-12-9(10)13/h3-7H2,1-2H3,(H3,10,12,13). The van der Waals surface area contributed by atoms with Crippen LogP contribution in [-0.4, -0.2) is 10.8 Å². The second-order valence-electron chi connectivity index (χ2n) is 3.01. The Hall–Kier alpha value is -0.640. The summed E-state index contributed by atoms with van der Waals surface area (Å²) >= 11 is 4.67. The number of hydrazone groups is 1.